The first-order valence-corrected chi connectivity index (χ1v) is 15.6. The molecule has 4 rings (SSSR count). The summed E-state index contributed by atoms with van der Waals surface area (Å²) in [5.74, 6) is -1.59. The van der Waals surface area contributed by atoms with Crippen molar-refractivity contribution >= 4 is 39.1 Å². The van der Waals surface area contributed by atoms with Gasteiger partial charge >= 0.3 is 0 Å². The highest BCUT2D eigenvalue weighted by Crippen LogP contribution is 2.28. The van der Waals surface area contributed by atoms with E-state index in [9.17, 15) is 22.4 Å². The van der Waals surface area contributed by atoms with Gasteiger partial charge in [-0.25, -0.2) is 12.8 Å². The number of rotatable bonds is 10. The molecule has 41 heavy (non-hydrogen) atoms. The summed E-state index contributed by atoms with van der Waals surface area (Å²) in [5.41, 5.74) is 1.82. The predicted octanol–water partition coefficient (Wildman–Crippen LogP) is 5.85. The summed E-state index contributed by atoms with van der Waals surface area (Å²) in [4.78, 5) is 28.7. The molecule has 1 aliphatic rings. The van der Waals surface area contributed by atoms with Crippen LogP contribution in [0.1, 0.15) is 50.2 Å². The summed E-state index contributed by atoms with van der Waals surface area (Å²) < 4.78 is 42.5. The van der Waals surface area contributed by atoms with Crippen molar-refractivity contribution in [3.8, 4) is 0 Å². The fraction of sp³-hybridized carbons (Fsp3) is 0.355. The quantitative estimate of drug-likeness (QED) is 0.317. The molecule has 10 heteroatoms. The van der Waals surface area contributed by atoms with Gasteiger partial charge in [0.15, 0.2) is 0 Å². The number of carbonyl (C=O) groups is 2. The first-order valence-electron chi connectivity index (χ1n) is 13.7. The third kappa shape index (κ3) is 7.65. The number of hydrogen-bond donors (Lipinski definition) is 1. The van der Waals surface area contributed by atoms with Crippen molar-refractivity contribution in [1.82, 2.24) is 10.2 Å². The van der Waals surface area contributed by atoms with Crippen LogP contribution in [-0.4, -0.2) is 43.8 Å². The van der Waals surface area contributed by atoms with Gasteiger partial charge in [-0.15, -0.1) is 0 Å². The zero-order valence-corrected chi connectivity index (χ0v) is 24.8. The number of nitrogens with zero attached hydrogens (tertiary/aromatic N) is 2. The molecule has 1 fully saturated rings. The lowest BCUT2D eigenvalue weighted by Gasteiger charge is -2.33. The smallest absolute Gasteiger partial charge is 0.264 e. The molecule has 0 aliphatic heterocycles. The number of benzene rings is 3. The maximum atomic E-state index is 14.0. The van der Waals surface area contributed by atoms with Crippen molar-refractivity contribution in [1.29, 1.82) is 0 Å². The van der Waals surface area contributed by atoms with Crippen LogP contribution in [0.2, 0.25) is 5.02 Å². The van der Waals surface area contributed by atoms with Crippen molar-refractivity contribution in [3.63, 3.8) is 0 Å². The van der Waals surface area contributed by atoms with Crippen LogP contribution >= 0.6 is 11.6 Å². The Hall–Kier alpha value is -3.43. The Morgan fingerprint density at radius 2 is 1.71 bits per heavy atom. The Balaban J connectivity index is 1.68. The average molecular weight is 600 g/mol. The van der Waals surface area contributed by atoms with Crippen LogP contribution in [0.4, 0.5) is 10.1 Å². The number of aryl methyl sites for hydroxylation is 1. The third-order valence-corrected chi connectivity index (χ3v) is 9.43. The van der Waals surface area contributed by atoms with Gasteiger partial charge in [-0.2, -0.15) is 0 Å². The predicted molar refractivity (Wildman–Crippen MR) is 159 cm³/mol. The Morgan fingerprint density at radius 1 is 1.00 bits per heavy atom. The van der Waals surface area contributed by atoms with Gasteiger partial charge in [-0.1, -0.05) is 78.9 Å². The van der Waals surface area contributed by atoms with E-state index in [2.05, 4.69) is 5.32 Å². The first-order chi connectivity index (χ1) is 19.6. The molecule has 1 aliphatic carbocycles. The second-order valence-corrected chi connectivity index (χ2v) is 12.7. The molecular weight excluding hydrogens is 565 g/mol. The summed E-state index contributed by atoms with van der Waals surface area (Å²) >= 11 is 6.02. The van der Waals surface area contributed by atoms with Crippen molar-refractivity contribution in [2.24, 2.45) is 0 Å². The van der Waals surface area contributed by atoms with Gasteiger partial charge in [0.1, 0.15) is 18.4 Å². The SMILES string of the molecule is Cc1cccc(CN(C(=O)CN(c2ccc(F)c(Cl)c2)S(=O)(=O)c2ccccc2)[C@@H](C)C(=O)NC2CCCCC2)c1. The molecule has 0 saturated heterocycles. The van der Waals surface area contributed by atoms with Crippen LogP contribution in [0, 0.1) is 12.7 Å². The van der Waals surface area contributed by atoms with Crippen LogP contribution in [0.5, 0.6) is 0 Å². The molecule has 218 valence electrons. The lowest BCUT2D eigenvalue weighted by atomic mass is 9.95. The van der Waals surface area contributed by atoms with Gasteiger partial charge in [-0.3, -0.25) is 13.9 Å². The highest BCUT2D eigenvalue weighted by Gasteiger charge is 2.33. The number of halogens is 2. The lowest BCUT2D eigenvalue weighted by Crippen LogP contribution is -2.53. The van der Waals surface area contributed by atoms with Gasteiger partial charge < -0.3 is 10.2 Å². The number of sulfonamides is 1. The molecule has 1 N–H and O–H groups in total. The van der Waals surface area contributed by atoms with Gasteiger partial charge in [0.2, 0.25) is 11.8 Å². The summed E-state index contributed by atoms with van der Waals surface area (Å²) in [6.45, 7) is 3.06. The molecule has 0 heterocycles. The Morgan fingerprint density at radius 3 is 2.37 bits per heavy atom. The van der Waals surface area contributed by atoms with E-state index in [1.165, 1.54) is 29.2 Å². The highest BCUT2D eigenvalue weighted by atomic mass is 35.5. The van der Waals surface area contributed by atoms with Crippen molar-refractivity contribution in [2.45, 2.75) is 69.5 Å². The van der Waals surface area contributed by atoms with E-state index in [0.717, 1.165) is 53.6 Å². The Kier molecular flexibility index (Phi) is 10.0. The van der Waals surface area contributed by atoms with E-state index in [1.807, 2.05) is 31.2 Å². The largest absolute Gasteiger partial charge is 0.352 e. The van der Waals surface area contributed by atoms with Gasteiger partial charge in [-0.05, 0) is 62.6 Å². The normalized spacial score (nSPS) is 14.7. The summed E-state index contributed by atoms with van der Waals surface area (Å²) in [6, 6.07) is 17.9. The van der Waals surface area contributed by atoms with E-state index < -0.39 is 34.3 Å². The van der Waals surface area contributed by atoms with Crippen molar-refractivity contribution in [3.05, 3.63) is 94.8 Å². The summed E-state index contributed by atoms with van der Waals surface area (Å²) in [6.07, 6.45) is 4.99. The second-order valence-electron chi connectivity index (χ2n) is 10.5. The van der Waals surface area contributed by atoms with Gasteiger partial charge in [0.05, 0.1) is 15.6 Å². The van der Waals surface area contributed by atoms with Gasteiger partial charge in [0, 0.05) is 12.6 Å². The van der Waals surface area contributed by atoms with Crippen LogP contribution in [0.3, 0.4) is 0 Å². The van der Waals surface area contributed by atoms with Crippen LogP contribution in [-0.2, 0) is 26.2 Å². The topological polar surface area (TPSA) is 86.8 Å². The summed E-state index contributed by atoms with van der Waals surface area (Å²) in [7, 11) is -4.26. The minimum Gasteiger partial charge on any atom is -0.352 e. The molecule has 1 atom stereocenters. The fourth-order valence-corrected chi connectivity index (χ4v) is 6.65. The molecule has 3 aromatic carbocycles. The highest BCUT2D eigenvalue weighted by molar-refractivity contribution is 7.92. The van der Waals surface area contributed by atoms with Crippen molar-refractivity contribution in [2.75, 3.05) is 10.8 Å². The van der Waals surface area contributed by atoms with E-state index >= 15 is 0 Å². The molecule has 0 unspecified atom stereocenters. The minimum atomic E-state index is -4.26. The fourth-order valence-electron chi connectivity index (χ4n) is 5.05. The minimum absolute atomic E-state index is 0.0309. The number of nitrogens with one attached hydrogen (secondary N) is 1. The molecule has 7 nitrogen and oxygen atoms in total. The van der Waals surface area contributed by atoms with E-state index in [-0.39, 0.29) is 34.1 Å². The number of carbonyl (C=O) groups excluding carboxylic acids is 2. The number of anilines is 1. The number of hydrogen-bond acceptors (Lipinski definition) is 4. The molecule has 0 radical (unpaired) electrons. The van der Waals surface area contributed by atoms with E-state index in [1.54, 1.807) is 25.1 Å². The van der Waals surface area contributed by atoms with Crippen molar-refractivity contribution < 1.29 is 22.4 Å². The maximum Gasteiger partial charge on any atom is 0.264 e. The standard InChI is InChI=1S/C31H35ClFN3O4S/c1-22-10-9-11-24(18-22)20-35(23(2)31(38)34-25-12-5-3-6-13-25)30(37)21-36(26-16-17-29(33)28(32)19-26)41(39,40)27-14-7-4-8-15-27/h4,7-11,14-19,23,25H,3,5-6,12-13,20-21H2,1-2H3,(H,34,38)/t23-/m0/s1. The van der Waals surface area contributed by atoms with Crippen LogP contribution in [0.15, 0.2) is 77.7 Å². The number of amides is 2. The third-order valence-electron chi connectivity index (χ3n) is 7.36. The van der Waals surface area contributed by atoms with Gasteiger partial charge in [0.25, 0.3) is 10.0 Å². The average Bonchev–Trinajstić information content (AvgIpc) is 2.96. The molecular formula is C31H35ClFN3O4S. The zero-order chi connectivity index (χ0) is 29.6. The molecule has 2 amide bonds. The lowest BCUT2D eigenvalue weighted by molar-refractivity contribution is -0.139. The summed E-state index contributed by atoms with van der Waals surface area (Å²) in [5, 5.41) is 2.80. The molecule has 3 aromatic rings. The van der Waals surface area contributed by atoms with Crippen LogP contribution < -0.4 is 9.62 Å². The molecule has 1 saturated carbocycles. The Bertz CT molecular complexity index is 1480. The molecule has 0 bridgehead atoms. The second kappa shape index (κ2) is 13.5. The zero-order valence-electron chi connectivity index (χ0n) is 23.2. The van der Waals surface area contributed by atoms with Crippen LogP contribution in [0.25, 0.3) is 0 Å². The molecule has 0 aromatic heterocycles. The maximum absolute atomic E-state index is 14.0. The first kappa shape index (κ1) is 30.5. The molecule has 0 spiro atoms. The monoisotopic (exact) mass is 599 g/mol. The van der Waals surface area contributed by atoms with E-state index in [4.69, 9.17) is 11.6 Å². The van der Waals surface area contributed by atoms with E-state index in [0.29, 0.717) is 0 Å². The Labute approximate surface area is 246 Å².